The van der Waals surface area contributed by atoms with Crippen LogP contribution in [0, 0.1) is 10.1 Å². The Balaban J connectivity index is 1.55. The van der Waals surface area contributed by atoms with Crippen molar-refractivity contribution in [3.8, 4) is 11.5 Å². The number of hydrogen-bond donors (Lipinski definition) is 0. The van der Waals surface area contributed by atoms with E-state index in [-0.39, 0.29) is 32.1 Å². The molecule has 2 aromatic heterocycles. The number of methoxy groups -OCH3 is 1. The first-order chi connectivity index (χ1) is 17.2. The first-order valence-electron chi connectivity index (χ1n) is 10.2. The van der Waals surface area contributed by atoms with E-state index in [0.717, 1.165) is 11.6 Å². The molecule has 36 heavy (non-hydrogen) atoms. The number of para-hydroxylation sites is 2. The first-order valence-corrected chi connectivity index (χ1v) is 13.2. The molecule has 0 radical (unpaired) electrons. The van der Waals surface area contributed by atoms with Gasteiger partial charge in [0, 0.05) is 12.1 Å². The normalized spacial score (nSPS) is 12.3. The minimum absolute atomic E-state index is 0.0730. The van der Waals surface area contributed by atoms with E-state index in [1.165, 1.54) is 42.7 Å². The average molecular weight is 588 g/mol. The number of nitro benzene ring substituents is 1. The molecule has 5 aromatic rings. The highest BCUT2D eigenvalue weighted by Gasteiger charge is 2.24. The Morgan fingerprint density at radius 2 is 1.92 bits per heavy atom. The fourth-order valence-corrected chi connectivity index (χ4v) is 6.21. The van der Waals surface area contributed by atoms with Crippen LogP contribution in [0.25, 0.3) is 22.1 Å². The summed E-state index contributed by atoms with van der Waals surface area (Å²) in [6.07, 6.45) is 1.64. The number of aromatic nitrogens is 2. The molecule has 10 nitrogen and oxygen atoms in total. The van der Waals surface area contributed by atoms with Crippen molar-refractivity contribution in [2.24, 2.45) is 0 Å². The maximum Gasteiger partial charge on any atom is 0.339 e. The maximum atomic E-state index is 13.0. The largest absolute Gasteiger partial charge is 0.493 e. The fraction of sp³-hybridized carbons (Fsp3) is 0.0435. The third-order valence-electron chi connectivity index (χ3n) is 5.20. The van der Waals surface area contributed by atoms with Crippen molar-refractivity contribution >= 4 is 65.1 Å². The van der Waals surface area contributed by atoms with E-state index in [1.54, 1.807) is 16.5 Å². The van der Waals surface area contributed by atoms with Crippen LogP contribution in [0.5, 0.6) is 11.5 Å². The van der Waals surface area contributed by atoms with Crippen LogP contribution in [0.2, 0.25) is 0 Å². The summed E-state index contributed by atoms with van der Waals surface area (Å²) in [5, 5.41) is 11.0. The van der Waals surface area contributed by atoms with E-state index in [0.29, 0.717) is 20.6 Å². The SMILES string of the molecule is COc1cc(/C=c2/sc3nc4ccccc4n3c2=O)cc(Br)c1OS(=O)(=O)c1cccc([N+](=O)[O-])c1. The number of fused-ring (bicyclic) bond motifs is 3. The number of ether oxygens (including phenoxy) is 1. The van der Waals surface area contributed by atoms with Gasteiger partial charge in [0.05, 0.1) is 32.1 Å². The van der Waals surface area contributed by atoms with Crippen LogP contribution in [-0.4, -0.2) is 29.8 Å². The Morgan fingerprint density at radius 1 is 1.14 bits per heavy atom. The van der Waals surface area contributed by atoms with Gasteiger partial charge in [-0.3, -0.25) is 14.9 Å². The second kappa shape index (κ2) is 9.00. The van der Waals surface area contributed by atoms with Gasteiger partial charge in [0.2, 0.25) is 0 Å². The summed E-state index contributed by atoms with van der Waals surface area (Å²) in [6.45, 7) is 0. The lowest BCUT2D eigenvalue weighted by Crippen LogP contribution is -2.22. The van der Waals surface area contributed by atoms with Gasteiger partial charge in [-0.15, -0.1) is 0 Å². The summed E-state index contributed by atoms with van der Waals surface area (Å²) in [6, 6.07) is 14.9. The van der Waals surface area contributed by atoms with Crippen molar-refractivity contribution in [1.29, 1.82) is 0 Å². The molecule has 0 bridgehead atoms. The van der Waals surface area contributed by atoms with Gasteiger partial charge >= 0.3 is 10.1 Å². The standard InChI is InChI=1S/C23H14BrN3O7S2/c1-33-19-10-13(11-20-22(28)26-18-8-3-2-7-17(18)25-23(26)35-20)9-16(24)21(19)34-36(31,32)15-6-4-5-14(12-15)27(29)30/h2-12H,1H3/b20-11+. The molecular formula is C23H14BrN3O7S2. The average Bonchev–Trinajstić information content (AvgIpc) is 3.36. The number of nitro groups is 1. The first kappa shape index (κ1) is 23.9. The quantitative estimate of drug-likeness (QED) is 0.166. The molecule has 0 spiro atoms. The zero-order valence-corrected chi connectivity index (χ0v) is 21.5. The van der Waals surface area contributed by atoms with Gasteiger partial charge in [-0.1, -0.05) is 29.5 Å². The third-order valence-corrected chi connectivity index (χ3v) is 7.98. The molecule has 0 aliphatic heterocycles. The molecule has 3 aromatic carbocycles. The smallest absolute Gasteiger partial charge is 0.339 e. The van der Waals surface area contributed by atoms with Crippen molar-refractivity contribution in [3.63, 3.8) is 0 Å². The molecule has 0 atom stereocenters. The van der Waals surface area contributed by atoms with Crippen LogP contribution in [-0.2, 0) is 10.1 Å². The second-order valence-corrected chi connectivity index (χ2v) is 10.9. The number of halogens is 1. The molecule has 0 amide bonds. The van der Waals surface area contributed by atoms with Crippen LogP contribution < -0.4 is 19.0 Å². The van der Waals surface area contributed by atoms with E-state index in [1.807, 2.05) is 24.3 Å². The molecule has 0 fully saturated rings. The molecule has 0 saturated heterocycles. The summed E-state index contributed by atoms with van der Waals surface area (Å²) >= 11 is 4.53. The number of thiazole rings is 1. The summed E-state index contributed by atoms with van der Waals surface area (Å²) in [7, 11) is -3.08. The Bertz CT molecular complexity index is 1900. The van der Waals surface area contributed by atoms with Gasteiger partial charge < -0.3 is 8.92 Å². The van der Waals surface area contributed by atoms with Crippen molar-refractivity contribution in [2.45, 2.75) is 4.90 Å². The van der Waals surface area contributed by atoms with E-state index >= 15 is 0 Å². The lowest BCUT2D eigenvalue weighted by atomic mass is 10.2. The van der Waals surface area contributed by atoms with Crippen LogP contribution in [0.4, 0.5) is 5.69 Å². The lowest BCUT2D eigenvalue weighted by molar-refractivity contribution is -0.385. The van der Waals surface area contributed by atoms with Crippen LogP contribution in [0.3, 0.4) is 0 Å². The molecule has 0 N–H and O–H groups in total. The Hall–Kier alpha value is -3.81. The van der Waals surface area contributed by atoms with Gasteiger partial charge in [0.25, 0.3) is 11.2 Å². The van der Waals surface area contributed by atoms with Crippen LogP contribution in [0.1, 0.15) is 5.56 Å². The minimum atomic E-state index is -4.42. The summed E-state index contributed by atoms with van der Waals surface area (Å²) in [5.74, 6) is -0.0701. The maximum absolute atomic E-state index is 13.0. The molecule has 13 heteroatoms. The predicted molar refractivity (Wildman–Crippen MR) is 137 cm³/mol. The highest BCUT2D eigenvalue weighted by atomic mass is 79.9. The van der Waals surface area contributed by atoms with Crippen LogP contribution >= 0.6 is 27.3 Å². The van der Waals surface area contributed by atoms with E-state index in [4.69, 9.17) is 8.92 Å². The number of imidazole rings is 1. The monoisotopic (exact) mass is 587 g/mol. The van der Waals surface area contributed by atoms with E-state index in [2.05, 4.69) is 20.9 Å². The Labute approximate surface area is 215 Å². The van der Waals surface area contributed by atoms with Crippen molar-refractivity contribution in [2.75, 3.05) is 7.11 Å². The van der Waals surface area contributed by atoms with Crippen LogP contribution in [0.15, 0.2) is 74.8 Å². The number of nitrogens with zero attached hydrogens (tertiary/aromatic N) is 3. The second-order valence-electron chi connectivity index (χ2n) is 7.46. The zero-order valence-electron chi connectivity index (χ0n) is 18.2. The summed E-state index contributed by atoms with van der Waals surface area (Å²) < 4.78 is 38.5. The van der Waals surface area contributed by atoms with Gasteiger partial charge in [0.15, 0.2) is 16.5 Å². The number of rotatable bonds is 6. The predicted octanol–water partition coefficient (Wildman–Crippen LogP) is 3.90. The topological polar surface area (TPSA) is 130 Å². The van der Waals surface area contributed by atoms with Crippen molar-refractivity contribution in [3.05, 3.63) is 95.7 Å². The van der Waals surface area contributed by atoms with E-state index in [9.17, 15) is 23.3 Å². The van der Waals surface area contributed by atoms with Gasteiger partial charge in [0.1, 0.15) is 4.90 Å². The Kier molecular flexibility index (Phi) is 5.98. The zero-order chi connectivity index (χ0) is 25.6. The highest BCUT2D eigenvalue weighted by Crippen LogP contribution is 2.39. The van der Waals surface area contributed by atoms with Gasteiger partial charge in [-0.05, 0) is 57.9 Å². The molecule has 0 saturated carbocycles. The number of benzene rings is 3. The van der Waals surface area contributed by atoms with E-state index < -0.39 is 15.0 Å². The fourth-order valence-electron chi connectivity index (χ4n) is 3.58. The molecule has 0 aliphatic carbocycles. The molecule has 5 rings (SSSR count). The molecule has 0 unspecified atom stereocenters. The highest BCUT2D eigenvalue weighted by molar-refractivity contribution is 9.10. The third kappa shape index (κ3) is 4.21. The minimum Gasteiger partial charge on any atom is -0.493 e. The van der Waals surface area contributed by atoms with Crippen molar-refractivity contribution < 1.29 is 22.3 Å². The summed E-state index contributed by atoms with van der Waals surface area (Å²) in [4.78, 5) is 28.0. The lowest BCUT2D eigenvalue weighted by Gasteiger charge is -2.13. The molecule has 2 heterocycles. The molecule has 182 valence electrons. The Morgan fingerprint density at radius 3 is 2.67 bits per heavy atom. The molecule has 0 aliphatic rings. The van der Waals surface area contributed by atoms with Crippen molar-refractivity contribution in [1.82, 2.24) is 9.38 Å². The molecular weight excluding hydrogens is 574 g/mol. The van der Waals surface area contributed by atoms with Gasteiger partial charge in [-0.25, -0.2) is 9.38 Å². The van der Waals surface area contributed by atoms with Gasteiger partial charge in [-0.2, -0.15) is 8.42 Å². The summed E-state index contributed by atoms with van der Waals surface area (Å²) in [5.41, 5.74) is 1.36. The number of non-ortho nitro benzene ring substituents is 1. The number of hydrogen-bond acceptors (Lipinski definition) is 9.